The Labute approximate surface area is 356 Å². The first-order valence-electron chi connectivity index (χ1n) is 19.5. The van der Waals surface area contributed by atoms with Gasteiger partial charge in [-0.15, -0.1) is 21.9 Å². The molecule has 0 fully saturated rings. The number of aryl methyl sites for hydroxylation is 2. The predicted octanol–water partition coefficient (Wildman–Crippen LogP) is 9.60. The van der Waals surface area contributed by atoms with Gasteiger partial charge < -0.3 is 5.32 Å². The first-order chi connectivity index (χ1) is 30.0. The van der Waals surface area contributed by atoms with Crippen molar-refractivity contribution >= 4 is 28.0 Å². The smallest absolute Gasteiger partial charge is 0.191 e. The van der Waals surface area contributed by atoms with Gasteiger partial charge in [0.15, 0.2) is 46.5 Å². The number of benzene rings is 6. The molecule has 18 heteroatoms. The maximum absolute atomic E-state index is 16.0. The van der Waals surface area contributed by atoms with E-state index in [-0.39, 0.29) is 27.7 Å². The summed E-state index contributed by atoms with van der Waals surface area (Å²) in [6, 6.07) is 17.5. The molecule has 0 saturated carbocycles. The van der Waals surface area contributed by atoms with Gasteiger partial charge in [-0.25, -0.2) is 70.2 Å². The number of rotatable bonds is 10. The Bertz CT molecular complexity index is 2360. The zero-order chi connectivity index (χ0) is 47.9. The molecule has 0 aliphatic rings. The highest BCUT2D eigenvalue weighted by atomic mass is 19.2. The molecule has 0 aliphatic carbocycles. The van der Waals surface area contributed by atoms with Crippen LogP contribution in [0.15, 0.2) is 48.5 Å². The minimum atomic E-state index is -6.26. The lowest BCUT2D eigenvalue weighted by Crippen LogP contribution is -2.81. The lowest BCUT2D eigenvalue weighted by molar-refractivity contribution is -0.686. The standard InChI is InChI=1S/C28H12BF16.C18H23N/c1-5-13(30)9(21(38)25(42)17(5)34)29(10-14(31)6(2)18(35)26(43)22(10)39,11-15(32)7(3)19(36)27(44)23(11)40)12-16(33)8(4)20(37)28(45)24(12)41;1-3-15-9-5-7-11-17(15)13-19-14-18-12-8-6-10-16(18)4-2/h1-4H3;5-12,19H,3-4,13-14H2,1-2H3/q-1;/p+1. The van der Waals surface area contributed by atoms with Gasteiger partial charge in [0.1, 0.15) is 42.5 Å². The molecule has 0 radical (unpaired) electrons. The molecule has 1 nitrogen and oxygen atoms in total. The van der Waals surface area contributed by atoms with Gasteiger partial charge in [-0.3, -0.25) is 0 Å². The van der Waals surface area contributed by atoms with Crippen LogP contribution in [-0.2, 0) is 25.9 Å². The van der Waals surface area contributed by atoms with E-state index in [0.717, 1.165) is 25.9 Å². The van der Waals surface area contributed by atoms with Crippen LogP contribution < -0.4 is 27.2 Å². The molecule has 0 aliphatic heterocycles. The Morgan fingerprint density at radius 3 is 0.750 bits per heavy atom. The molecule has 0 bridgehead atoms. The maximum Gasteiger partial charge on any atom is 0.191 e. The van der Waals surface area contributed by atoms with E-state index in [1.165, 1.54) is 22.3 Å². The topological polar surface area (TPSA) is 16.6 Å². The van der Waals surface area contributed by atoms with Crippen molar-refractivity contribution in [2.45, 2.75) is 67.5 Å². The number of quaternary nitrogens is 1. The highest BCUT2D eigenvalue weighted by molar-refractivity contribution is 7.20. The zero-order valence-electron chi connectivity index (χ0n) is 34.6. The van der Waals surface area contributed by atoms with Crippen molar-refractivity contribution < 1.29 is 75.6 Å². The SMILES string of the molecule is CCc1ccccc1C[NH2+]Cc1ccccc1CC.Cc1c(F)c(F)c(F)c([B-](c2c(F)c(C)c(F)c(F)c2F)(c2c(F)c(C)c(F)c(F)c2F)c2c(F)c(C)c(F)c(F)c2F)c1F. The van der Waals surface area contributed by atoms with Crippen molar-refractivity contribution in [3.8, 4) is 0 Å². The largest absolute Gasteiger partial charge is 0.339 e. The molecule has 6 aromatic carbocycles. The van der Waals surface area contributed by atoms with Crippen LogP contribution in [0.25, 0.3) is 0 Å². The third kappa shape index (κ3) is 8.02. The van der Waals surface area contributed by atoms with Crippen molar-refractivity contribution in [1.82, 2.24) is 0 Å². The van der Waals surface area contributed by atoms with Gasteiger partial charge in [-0.05, 0) is 51.7 Å². The van der Waals surface area contributed by atoms with E-state index in [1.54, 1.807) is 0 Å². The molecule has 2 N–H and O–H groups in total. The van der Waals surface area contributed by atoms with Gasteiger partial charge in [0.25, 0.3) is 0 Å². The van der Waals surface area contributed by atoms with E-state index in [1.807, 2.05) is 0 Å². The van der Waals surface area contributed by atoms with Crippen molar-refractivity contribution in [2.75, 3.05) is 0 Å². The monoisotopic (exact) mass is 917 g/mol. The Morgan fingerprint density at radius 2 is 0.531 bits per heavy atom. The fraction of sp³-hybridized carbons (Fsp3) is 0.217. The number of nitrogens with two attached hydrogens (primary N) is 1. The van der Waals surface area contributed by atoms with E-state index in [9.17, 15) is 35.1 Å². The minimum absolute atomic E-state index is 0.243. The third-order valence-corrected chi connectivity index (χ3v) is 11.5. The summed E-state index contributed by atoms with van der Waals surface area (Å²) in [6.07, 6.45) is -4.02. The molecular weight excluding hydrogens is 881 g/mol. The van der Waals surface area contributed by atoms with Crippen molar-refractivity contribution in [2.24, 2.45) is 0 Å². The zero-order valence-corrected chi connectivity index (χ0v) is 34.6. The van der Waals surface area contributed by atoms with Gasteiger partial charge in [0.05, 0.1) is 23.3 Å². The van der Waals surface area contributed by atoms with Gasteiger partial charge in [0.2, 0.25) is 0 Å². The Balaban J connectivity index is 0.000000337. The van der Waals surface area contributed by atoms with Crippen molar-refractivity contribution in [3.63, 3.8) is 0 Å². The molecule has 0 spiro atoms. The molecule has 340 valence electrons. The highest BCUT2D eigenvalue weighted by Gasteiger charge is 2.51. The van der Waals surface area contributed by atoms with E-state index in [2.05, 4.69) is 67.7 Å². The van der Waals surface area contributed by atoms with Gasteiger partial charge in [-0.2, -0.15) is 0 Å². The minimum Gasteiger partial charge on any atom is -0.339 e. The number of halogens is 16. The molecular formula is C46H36BF16N. The molecule has 0 atom stereocenters. The van der Waals surface area contributed by atoms with Gasteiger partial charge in [-0.1, -0.05) is 62.4 Å². The van der Waals surface area contributed by atoms with Crippen LogP contribution in [0.1, 0.15) is 58.4 Å². The molecule has 0 saturated heterocycles. The Kier molecular flexibility index (Phi) is 14.7. The first-order valence-corrected chi connectivity index (χ1v) is 19.5. The summed E-state index contributed by atoms with van der Waals surface area (Å²) in [6.45, 7) is 7.57. The highest BCUT2D eigenvalue weighted by Crippen LogP contribution is 2.31. The van der Waals surface area contributed by atoms with Crippen molar-refractivity contribution in [3.05, 3.63) is 186 Å². The van der Waals surface area contributed by atoms with Crippen LogP contribution in [0.5, 0.6) is 0 Å². The summed E-state index contributed by atoms with van der Waals surface area (Å²) in [7, 11) is 0. The molecule has 64 heavy (non-hydrogen) atoms. The van der Waals surface area contributed by atoms with E-state index in [4.69, 9.17) is 0 Å². The van der Waals surface area contributed by atoms with Crippen LogP contribution >= 0.6 is 0 Å². The summed E-state index contributed by atoms with van der Waals surface area (Å²) in [5.74, 6) is -44.5. The number of hydrogen-bond acceptors (Lipinski definition) is 0. The lowest BCUT2D eigenvalue weighted by atomic mass is 9.12. The molecule has 0 unspecified atom stereocenters. The van der Waals surface area contributed by atoms with E-state index < -0.39 is 143 Å². The normalized spacial score (nSPS) is 11.6. The molecule has 0 aromatic heterocycles. The second-order valence-corrected chi connectivity index (χ2v) is 15.0. The third-order valence-electron chi connectivity index (χ3n) is 11.5. The fourth-order valence-electron chi connectivity index (χ4n) is 8.07. The van der Waals surface area contributed by atoms with Gasteiger partial charge in [0, 0.05) is 33.4 Å². The van der Waals surface area contributed by atoms with Crippen LogP contribution in [0, 0.1) is 121 Å². The molecule has 6 rings (SSSR count). The summed E-state index contributed by atoms with van der Waals surface area (Å²) in [4.78, 5) is 0. The fourth-order valence-corrected chi connectivity index (χ4v) is 8.07. The Morgan fingerprint density at radius 1 is 0.312 bits per heavy atom. The summed E-state index contributed by atoms with van der Waals surface area (Å²) < 4.78 is 245. The molecule has 0 heterocycles. The summed E-state index contributed by atoms with van der Waals surface area (Å²) >= 11 is 0. The van der Waals surface area contributed by atoms with Gasteiger partial charge >= 0.3 is 0 Å². The van der Waals surface area contributed by atoms with E-state index in [0.29, 0.717) is 0 Å². The van der Waals surface area contributed by atoms with E-state index >= 15 is 35.1 Å². The quantitative estimate of drug-likeness (QED) is 0.0611. The molecule has 6 aromatic rings. The molecule has 0 amide bonds. The lowest BCUT2D eigenvalue weighted by Gasteiger charge is -2.45. The second kappa shape index (κ2) is 19.1. The average molecular weight is 918 g/mol. The first kappa shape index (κ1) is 49.2. The van der Waals surface area contributed by atoms with Crippen LogP contribution in [0.4, 0.5) is 70.2 Å². The van der Waals surface area contributed by atoms with Crippen LogP contribution in [0.3, 0.4) is 0 Å². The number of hydrogen-bond donors (Lipinski definition) is 1. The van der Waals surface area contributed by atoms with Crippen LogP contribution in [-0.4, -0.2) is 6.15 Å². The second-order valence-electron chi connectivity index (χ2n) is 15.0. The predicted molar refractivity (Wildman–Crippen MR) is 209 cm³/mol. The average Bonchev–Trinajstić information content (AvgIpc) is 3.29. The summed E-state index contributed by atoms with van der Waals surface area (Å²) in [5, 5.41) is 2.41. The summed E-state index contributed by atoms with van der Waals surface area (Å²) in [5.41, 5.74) is -12.0. The van der Waals surface area contributed by atoms with Crippen molar-refractivity contribution in [1.29, 1.82) is 0 Å². The van der Waals surface area contributed by atoms with Crippen LogP contribution in [0.2, 0.25) is 0 Å². The maximum atomic E-state index is 16.0. The Hall–Kier alpha value is -5.78.